The number of hydrogen-bond donors (Lipinski definition) is 1. The Morgan fingerprint density at radius 2 is 1.76 bits per heavy atom. The van der Waals surface area contributed by atoms with Crippen LogP contribution in [0.3, 0.4) is 0 Å². The molecule has 1 amide bonds. The summed E-state index contributed by atoms with van der Waals surface area (Å²) in [7, 11) is -2.26. The van der Waals surface area contributed by atoms with Crippen LogP contribution < -0.4 is 9.47 Å². The number of cyclic esters (lactones) is 1. The molecule has 1 fully saturated rings. The first-order valence-electron chi connectivity index (χ1n) is 11.5. The van der Waals surface area contributed by atoms with Crippen molar-refractivity contribution in [2.45, 2.75) is 36.9 Å². The van der Waals surface area contributed by atoms with Crippen LogP contribution in [-0.2, 0) is 32.3 Å². The van der Waals surface area contributed by atoms with Gasteiger partial charge < -0.3 is 19.3 Å². The topological polar surface area (TPSA) is 119 Å². The van der Waals surface area contributed by atoms with E-state index in [2.05, 4.69) is 0 Å². The SMILES string of the molecule is COc1ccc(CC(=O)O)cc1Oc1cccc(S(C)(=O)=O)c1CN1C(=O)O[C@H](c2ccccc2)[C@@H]1C. The molecule has 1 heterocycles. The molecule has 0 unspecified atom stereocenters. The van der Waals surface area contributed by atoms with Crippen LogP contribution in [0.25, 0.3) is 0 Å². The number of methoxy groups -OCH3 is 1. The fraction of sp³-hybridized carbons (Fsp3) is 0.259. The average Bonchev–Trinajstić information content (AvgIpc) is 3.13. The van der Waals surface area contributed by atoms with Gasteiger partial charge in [-0.05, 0) is 42.3 Å². The lowest BCUT2D eigenvalue weighted by Crippen LogP contribution is -2.32. The molecule has 194 valence electrons. The summed E-state index contributed by atoms with van der Waals surface area (Å²) in [6, 6.07) is 18.2. The lowest BCUT2D eigenvalue weighted by molar-refractivity contribution is -0.136. The van der Waals surface area contributed by atoms with E-state index in [1.54, 1.807) is 24.3 Å². The molecule has 2 atom stereocenters. The summed E-state index contributed by atoms with van der Waals surface area (Å²) in [6.07, 6.45) is -0.232. The van der Waals surface area contributed by atoms with E-state index in [0.29, 0.717) is 11.3 Å². The van der Waals surface area contributed by atoms with Crippen molar-refractivity contribution in [3.05, 3.63) is 83.4 Å². The Morgan fingerprint density at radius 1 is 1.03 bits per heavy atom. The second kappa shape index (κ2) is 10.5. The van der Waals surface area contributed by atoms with E-state index in [1.807, 2.05) is 37.3 Å². The summed E-state index contributed by atoms with van der Waals surface area (Å²) in [5.74, 6) is -0.266. The van der Waals surface area contributed by atoms with Crippen molar-refractivity contribution >= 4 is 21.9 Å². The maximum atomic E-state index is 12.9. The number of nitrogens with zero attached hydrogens (tertiary/aromatic N) is 1. The molecule has 0 aliphatic carbocycles. The molecule has 0 radical (unpaired) electrons. The number of amides is 1. The Bertz CT molecular complexity index is 1420. The number of aliphatic carboxylic acids is 1. The van der Waals surface area contributed by atoms with Gasteiger partial charge in [0.15, 0.2) is 21.3 Å². The molecule has 9 nitrogen and oxygen atoms in total. The highest BCUT2D eigenvalue weighted by Gasteiger charge is 2.40. The largest absolute Gasteiger partial charge is 0.493 e. The second-order valence-corrected chi connectivity index (χ2v) is 10.7. The number of carbonyl (C=O) groups is 2. The minimum atomic E-state index is -3.70. The maximum absolute atomic E-state index is 12.9. The molecular formula is C27H27NO8S. The van der Waals surface area contributed by atoms with Crippen LogP contribution in [0.5, 0.6) is 17.2 Å². The van der Waals surface area contributed by atoms with Gasteiger partial charge in [0.25, 0.3) is 0 Å². The van der Waals surface area contributed by atoms with Gasteiger partial charge in [-0.25, -0.2) is 13.2 Å². The minimum absolute atomic E-state index is 0.00817. The Morgan fingerprint density at radius 3 is 2.41 bits per heavy atom. The van der Waals surface area contributed by atoms with E-state index < -0.39 is 28.0 Å². The Labute approximate surface area is 215 Å². The summed E-state index contributed by atoms with van der Waals surface area (Å²) < 4.78 is 42.5. The molecule has 1 saturated heterocycles. The molecule has 0 bridgehead atoms. The predicted octanol–water partition coefficient (Wildman–Crippen LogP) is 4.60. The third-order valence-electron chi connectivity index (χ3n) is 6.14. The minimum Gasteiger partial charge on any atom is -0.493 e. The standard InChI is InChI=1S/C27H27NO8S/c1-17-26(19-8-5-4-6-9-19)36-27(31)28(17)16-20-21(10-7-11-24(20)37(3,32)33)35-23-14-18(15-25(29)30)12-13-22(23)34-2/h4-14,17,26H,15-16H2,1-3H3,(H,29,30)/t17-,26-/m0/s1. The molecule has 1 N–H and O–H groups in total. The first-order chi connectivity index (χ1) is 17.6. The van der Waals surface area contributed by atoms with Crippen molar-refractivity contribution in [3.8, 4) is 17.2 Å². The molecule has 10 heteroatoms. The highest BCUT2D eigenvalue weighted by molar-refractivity contribution is 7.90. The summed E-state index contributed by atoms with van der Waals surface area (Å²) in [5.41, 5.74) is 1.58. The monoisotopic (exact) mass is 525 g/mol. The molecule has 0 spiro atoms. The summed E-state index contributed by atoms with van der Waals surface area (Å²) >= 11 is 0. The summed E-state index contributed by atoms with van der Waals surface area (Å²) in [6.45, 7) is 1.75. The van der Waals surface area contributed by atoms with Crippen LogP contribution in [0.15, 0.2) is 71.6 Å². The van der Waals surface area contributed by atoms with Gasteiger partial charge in [0.05, 0.1) is 31.0 Å². The Balaban J connectivity index is 1.73. The van der Waals surface area contributed by atoms with Gasteiger partial charge in [-0.1, -0.05) is 42.5 Å². The van der Waals surface area contributed by atoms with E-state index >= 15 is 0 Å². The van der Waals surface area contributed by atoms with Crippen LogP contribution in [-0.4, -0.2) is 49.9 Å². The zero-order valence-corrected chi connectivity index (χ0v) is 21.4. The predicted molar refractivity (Wildman–Crippen MR) is 135 cm³/mol. The third kappa shape index (κ3) is 5.69. The van der Waals surface area contributed by atoms with Crippen LogP contribution >= 0.6 is 0 Å². The molecule has 3 aromatic carbocycles. The average molecular weight is 526 g/mol. The lowest BCUT2D eigenvalue weighted by atomic mass is 10.0. The number of hydrogen-bond acceptors (Lipinski definition) is 7. The summed E-state index contributed by atoms with van der Waals surface area (Å²) in [5, 5.41) is 9.17. The number of rotatable bonds is 9. The van der Waals surface area contributed by atoms with E-state index in [1.165, 1.54) is 24.1 Å². The summed E-state index contributed by atoms with van der Waals surface area (Å²) in [4.78, 5) is 25.6. The first-order valence-corrected chi connectivity index (χ1v) is 13.4. The van der Waals surface area contributed by atoms with Gasteiger partial charge in [0.2, 0.25) is 0 Å². The smallest absolute Gasteiger partial charge is 0.411 e. The number of sulfone groups is 1. The van der Waals surface area contributed by atoms with Gasteiger partial charge in [-0.3, -0.25) is 9.69 Å². The van der Waals surface area contributed by atoms with Crippen molar-refractivity contribution < 1.29 is 37.3 Å². The number of carboxylic acids is 1. The van der Waals surface area contributed by atoms with Crippen molar-refractivity contribution in [1.29, 1.82) is 0 Å². The maximum Gasteiger partial charge on any atom is 0.411 e. The van der Waals surface area contributed by atoms with Gasteiger partial charge in [0, 0.05) is 11.8 Å². The molecule has 4 rings (SSSR count). The van der Waals surface area contributed by atoms with Gasteiger partial charge in [-0.15, -0.1) is 0 Å². The molecule has 1 aliphatic rings. The van der Waals surface area contributed by atoms with Crippen molar-refractivity contribution in [2.75, 3.05) is 13.4 Å². The highest BCUT2D eigenvalue weighted by Crippen LogP contribution is 2.39. The number of ether oxygens (including phenoxy) is 3. The number of benzene rings is 3. The van der Waals surface area contributed by atoms with E-state index in [-0.39, 0.29) is 41.0 Å². The first kappa shape index (κ1) is 26.0. The second-order valence-electron chi connectivity index (χ2n) is 8.75. The van der Waals surface area contributed by atoms with Crippen LogP contribution in [0.1, 0.15) is 29.7 Å². The highest BCUT2D eigenvalue weighted by atomic mass is 32.2. The molecule has 0 saturated carbocycles. The fourth-order valence-electron chi connectivity index (χ4n) is 4.32. The van der Waals surface area contributed by atoms with Gasteiger partial charge >= 0.3 is 12.1 Å². The normalized spacial score (nSPS) is 17.4. The van der Waals surface area contributed by atoms with E-state index in [0.717, 1.165) is 11.8 Å². The van der Waals surface area contributed by atoms with Crippen molar-refractivity contribution in [1.82, 2.24) is 4.90 Å². The van der Waals surface area contributed by atoms with Crippen LogP contribution in [0.2, 0.25) is 0 Å². The molecule has 0 aromatic heterocycles. The van der Waals surface area contributed by atoms with Gasteiger partial charge in [0.1, 0.15) is 11.9 Å². The molecule has 3 aromatic rings. The Hall–Kier alpha value is -4.05. The molecule has 37 heavy (non-hydrogen) atoms. The zero-order valence-electron chi connectivity index (χ0n) is 20.6. The van der Waals surface area contributed by atoms with Crippen LogP contribution in [0.4, 0.5) is 4.79 Å². The van der Waals surface area contributed by atoms with E-state index in [4.69, 9.17) is 19.3 Å². The van der Waals surface area contributed by atoms with Gasteiger partial charge in [-0.2, -0.15) is 0 Å². The lowest BCUT2D eigenvalue weighted by Gasteiger charge is -2.24. The number of carboxylic acid groups (broad SMARTS) is 1. The third-order valence-corrected chi connectivity index (χ3v) is 7.32. The molecular weight excluding hydrogens is 498 g/mol. The Kier molecular flexibility index (Phi) is 7.40. The fourth-order valence-corrected chi connectivity index (χ4v) is 5.26. The molecule has 1 aliphatic heterocycles. The van der Waals surface area contributed by atoms with Crippen molar-refractivity contribution in [3.63, 3.8) is 0 Å². The zero-order chi connectivity index (χ0) is 26.7. The van der Waals surface area contributed by atoms with E-state index in [9.17, 15) is 18.0 Å². The quantitative estimate of drug-likeness (QED) is 0.431. The van der Waals surface area contributed by atoms with Crippen molar-refractivity contribution in [2.24, 2.45) is 0 Å². The van der Waals surface area contributed by atoms with Crippen LogP contribution in [0, 0.1) is 0 Å². The number of carbonyl (C=O) groups excluding carboxylic acids is 1.